The molecule has 0 bridgehead atoms. The van der Waals surface area contributed by atoms with Crippen LogP contribution in [0.3, 0.4) is 0 Å². The zero-order valence-corrected chi connectivity index (χ0v) is 6.26. The second kappa shape index (κ2) is 3.53. The lowest BCUT2D eigenvalue weighted by atomic mass is 10.0. The molecule has 0 aliphatic heterocycles. The SMILES string of the molecule is COC(=O)[C@](C)(N)CCO. The van der Waals surface area contributed by atoms with Gasteiger partial charge >= 0.3 is 5.97 Å². The third-order valence-electron chi connectivity index (χ3n) is 1.28. The summed E-state index contributed by atoms with van der Waals surface area (Å²) in [6.07, 6.45) is 0.222. The summed E-state index contributed by atoms with van der Waals surface area (Å²) < 4.78 is 4.39. The highest BCUT2D eigenvalue weighted by Gasteiger charge is 2.28. The fraction of sp³-hybridized carbons (Fsp3) is 0.833. The van der Waals surface area contributed by atoms with Crippen molar-refractivity contribution in [3.8, 4) is 0 Å². The Hall–Kier alpha value is -0.610. The average molecular weight is 147 g/mol. The minimum Gasteiger partial charge on any atom is -0.468 e. The van der Waals surface area contributed by atoms with Gasteiger partial charge in [-0.1, -0.05) is 0 Å². The summed E-state index contributed by atoms with van der Waals surface area (Å²) in [5.74, 6) is -0.499. The number of methoxy groups -OCH3 is 1. The van der Waals surface area contributed by atoms with Crippen molar-refractivity contribution in [1.29, 1.82) is 0 Å². The minimum absolute atomic E-state index is 0.109. The Labute approximate surface area is 60.0 Å². The summed E-state index contributed by atoms with van der Waals surface area (Å²) in [6.45, 7) is 1.41. The Balaban J connectivity index is 3.96. The molecule has 3 N–H and O–H groups in total. The number of rotatable bonds is 3. The van der Waals surface area contributed by atoms with Gasteiger partial charge in [-0.25, -0.2) is 0 Å². The van der Waals surface area contributed by atoms with E-state index in [0.29, 0.717) is 0 Å². The van der Waals surface area contributed by atoms with Crippen LogP contribution in [0.5, 0.6) is 0 Å². The maximum Gasteiger partial charge on any atom is 0.325 e. The summed E-state index contributed by atoms with van der Waals surface area (Å²) in [7, 11) is 1.27. The van der Waals surface area contributed by atoms with Crippen molar-refractivity contribution in [1.82, 2.24) is 0 Å². The Morgan fingerprint density at radius 3 is 2.60 bits per heavy atom. The molecule has 60 valence electrons. The van der Waals surface area contributed by atoms with Gasteiger partial charge < -0.3 is 15.6 Å². The summed E-state index contributed by atoms with van der Waals surface area (Å²) >= 11 is 0. The van der Waals surface area contributed by atoms with E-state index in [2.05, 4.69) is 4.74 Å². The van der Waals surface area contributed by atoms with Gasteiger partial charge in [-0.15, -0.1) is 0 Å². The van der Waals surface area contributed by atoms with Gasteiger partial charge in [0.2, 0.25) is 0 Å². The molecule has 0 spiro atoms. The van der Waals surface area contributed by atoms with Gasteiger partial charge in [0.25, 0.3) is 0 Å². The summed E-state index contributed by atoms with van der Waals surface area (Å²) in [6, 6.07) is 0. The van der Waals surface area contributed by atoms with Gasteiger partial charge in [0, 0.05) is 6.61 Å². The Kier molecular flexibility index (Phi) is 3.32. The monoisotopic (exact) mass is 147 g/mol. The topological polar surface area (TPSA) is 72.5 Å². The van der Waals surface area contributed by atoms with Crippen LogP contribution in [0.25, 0.3) is 0 Å². The highest BCUT2D eigenvalue weighted by Crippen LogP contribution is 2.05. The van der Waals surface area contributed by atoms with Crippen molar-refractivity contribution >= 4 is 5.97 Å². The van der Waals surface area contributed by atoms with E-state index >= 15 is 0 Å². The summed E-state index contributed by atoms with van der Waals surface area (Å²) in [5, 5.41) is 8.46. The average Bonchev–Trinajstić information content (AvgIpc) is 1.86. The molecule has 0 unspecified atom stereocenters. The van der Waals surface area contributed by atoms with E-state index in [0.717, 1.165) is 0 Å². The van der Waals surface area contributed by atoms with Crippen LogP contribution in [0, 0.1) is 0 Å². The Bertz CT molecular complexity index is 122. The molecule has 0 aliphatic rings. The van der Waals surface area contributed by atoms with Crippen LogP contribution in [0.4, 0.5) is 0 Å². The van der Waals surface area contributed by atoms with Crippen molar-refractivity contribution in [2.45, 2.75) is 18.9 Å². The molecule has 0 amide bonds. The van der Waals surface area contributed by atoms with Crippen molar-refractivity contribution in [2.75, 3.05) is 13.7 Å². The van der Waals surface area contributed by atoms with E-state index in [1.54, 1.807) is 0 Å². The molecule has 0 saturated heterocycles. The smallest absolute Gasteiger partial charge is 0.325 e. The van der Waals surface area contributed by atoms with E-state index in [1.165, 1.54) is 14.0 Å². The number of carbonyl (C=O) groups is 1. The predicted octanol–water partition coefficient (Wildman–Crippen LogP) is -0.741. The quantitative estimate of drug-likeness (QED) is 0.516. The zero-order chi connectivity index (χ0) is 8.20. The van der Waals surface area contributed by atoms with Crippen molar-refractivity contribution < 1.29 is 14.6 Å². The van der Waals surface area contributed by atoms with Crippen molar-refractivity contribution in [3.63, 3.8) is 0 Å². The molecule has 0 aromatic heterocycles. The lowest BCUT2D eigenvalue weighted by Gasteiger charge is -2.19. The molecule has 0 heterocycles. The molecular weight excluding hydrogens is 134 g/mol. The molecule has 4 nitrogen and oxygen atoms in total. The second-order valence-corrected chi connectivity index (χ2v) is 2.38. The first kappa shape index (κ1) is 9.39. The van der Waals surface area contributed by atoms with Gasteiger partial charge in [-0.05, 0) is 13.3 Å². The molecule has 10 heavy (non-hydrogen) atoms. The summed E-state index contributed by atoms with van der Waals surface area (Å²) in [5.41, 5.74) is 4.39. The molecular formula is C6H13NO3. The number of nitrogens with two attached hydrogens (primary N) is 1. The van der Waals surface area contributed by atoms with Gasteiger partial charge in [0.1, 0.15) is 5.54 Å². The number of hydrogen-bond donors (Lipinski definition) is 2. The van der Waals surface area contributed by atoms with Gasteiger partial charge in [0.15, 0.2) is 0 Å². The van der Waals surface area contributed by atoms with E-state index in [9.17, 15) is 4.79 Å². The molecule has 0 saturated carbocycles. The third kappa shape index (κ3) is 2.33. The van der Waals surface area contributed by atoms with Crippen LogP contribution in [-0.2, 0) is 9.53 Å². The Morgan fingerprint density at radius 2 is 2.30 bits per heavy atom. The van der Waals surface area contributed by atoms with Crippen LogP contribution < -0.4 is 5.73 Å². The molecule has 4 heteroatoms. The van der Waals surface area contributed by atoms with E-state index in [1.807, 2.05) is 0 Å². The first-order valence-electron chi connectivity index (χ1n) is 3.02. The van der Waals surface area contributed by atoms with Crippen LogP contribution in [0.2, 0.25) is 0 Å². The highest BCUT2D eigenvalue weighted by atomic mass is 16.5. The van der Waals surface area contributed by atoms with Gasteiger partial charge in [0.05, 0.1) is 7.11 Å². The fourth-order valence-corrected chi connectivity index (χ4v) is 0.567. The summed E-state index contributed by atoms with van der Waals surface area (Å²) in [4.78, 5) is 10.8. The van der Waals surface area contributed by atoms with Gasteiger partial charge in [-0.2, -0.15) is 0 Å². The normalized spacial score (nSPS) is 16.0. The Morgan fingerprint density at radius 1 is 1.80 bits per heavy atom. The van der Waals surface area contributed by atoms with Crippen molar-refractivity contribution in [2.24, 2.45) is 5.73 Å². The first-order valence-corrected chi connectivity index (χ1v) is 3.02. The predicted molar refractivity (Wildman–Crippen MR) is 36.3 cm³/mol. The lowest BCUT2D eigenvalue weighted by Crippen LogP contribution is -2.46. The molecule has 1 atom stereocenters. The van der Waals surface area contributed by atoms with Crippen LogP contribution >= 0.6 is 0 Å². The molecule has 0 fully saturated rings. The number of aliphatic hydroxyl groups is 1. The molecule has 0 aromatic rings. The van der Waals surface area contributed by atoms with E-state index in [4.69, 9.17) is 10.8 Å². The largest absolute Gasteiger partial charge is 0.468 e. The standard InChI is InChI=1S/C6H13NO3/c1-6(7,3-4-8)5(9)10-2/h8H,3-4,7H2,1-2H3/t6-/m1/s1. The van der Waals surface area contributed by atoms with E-state index < -0.39 is 11.5 Å². The minimum atomic E-state index is -1.05. The number of ether oxygens (including phenoxy) is 1. The first-order chi connectivity index (χ1) is 4.54. The molecule has 0 radical (unpaired) electrons. The fourth-order valence-electron chi connectivity index (χ4n) is 0.567. The van der Waals surface area contributed by atoms with Crippen LogP contribution in [0.15, 0.2) is 0 Å². The highest BCUT2D eigenvalue weighted by molar-refractivity contribution is 5.79. The third-order valence-corrected chi connectivity index (χ3v) is 1.28. The number of carbonyl (C=O) groups excluding carboxylic acids is 1. The van der Waals surface area contributed by atoms with Crippen LogP contribution in [0.1, 0.15) is 13.3 Å². The molecule has 0 aliphatic carbocycles. The maximum atomic E-state index is 10.8. The number of aliphatic hydroxyl groups excluding tert-OH is 1. The number of esters is 1. The maximum absolute atomic E-state index is 10.8. The van der Waals surface area contributed by atoms with Gasteiger partial charge in [-0.3, -0.25) is 4.79 Å². The molecule has 0 rings (SSSR count). The second-order valence-electron chi connectivity index (χ2n) is 2.38. The van der Waals surface area contributed by atoms with E-state index in [-0.39, 0.29) is 13.0 Å². The zero-order valence-electron chi connectivity index (χ0n) is 6.26. The molecule has 0 aromatic carbocycles. The number of hydrogen-bond acceptors (Lipinski definition) is 4. The lowest BCUT2D eigenvalue weighted by molar-refractivity contribution is -0.146. The van der Waals surface area contributed by atoms with Crippen LogP contribution in [-0.4, -0.2) is 30.3 Å². The van der Waals surface area contributed by atoms with Crippen molar-refractivity contribution in [3.05, 3.63) is 0 Å².